The summed E-state index contributed by atoms with van der Waals surface area (Å²) in [4.78, 5) is 12.9. The van der Waals surface area contributed by atoms with Crippen LogP contribution in [0.1, 0.15) is 21.6 Å². The first-order valence-corrected chi connectivity index (χ1v) is 10.8. The Hall–Kier alpha value is -4.58. The average Bonchev–Trinajstić information content (AvgIpc) is 3.31. The van der Waals surface area contributed by atoms with Gasteiger partial charge >= 0.3 is 0 Å². The Balaban J connectivity index is 1.53. The van der Waals surface area contributed by atoms with Gasteiger partial charge in [-0.25, -0.2) is 14.5 Å². The zero-order valence-electron chi connectivity index (χ0n) is 18.4. The van der Waals surface area contributed by atoms with Crippen LogP contribution < -0.4 is 5.43 Å². The maximum absolute atomic E-state index is 13.1. The van der Waals surface area contributed by atoms with Crippen molar-refractivity contribution in [1.29, 1.82) is 0 Å². The third-order valence-electron chi connectivity index (χ3n) is 5.54. The summed E-state index contributed by atoms with van der Waals surface area (Å²) in [6, 6.07) is 29.8. The van der Waals surface area contributed by atoms with E-state index in [1.165, 1.54) is 18.3 Å². The maximum atomic E-state index is 13.1. The van der Waals surface area contributed by atoms with Crippen molar-refractivity contribution in [2.75, 3.05) is 0 Å². The molecule has 5 nitrogen and oxygen atoms in total. The number of rotatable bonds is 5. The molecule has 1 aromatic heterocycles. The highest BCUT2D eigenvalue weighted by Crippen LogP contribution is 2.31. The minimum atomic E-state index is -0.439. The second-order valence-electron chi connectivity index (χ2n) is 7.94. The van der Waals surface area contributed by atoms with E-state index in [4.69, 9.17) is 0 Å². The minimum Gasteiger partial charge on any atom is -0.265 e. The standard InChI is InChI=1S/C28H21FN4O/c1-19-9-15-23(16-10-19)33-27(25-8-4-6-21-5-2-3-7-24(21)25)17-26(32-33)28(34)31-30-18-20-11-13-22(29)14-12-20/h2-18H,1H3,(H,31,34)/b30-18-. The molecular formula is C28H21FN4O. The number of aromatic nitrogens is 2. The van der Waals surface area contributed by atoms with Crippen LogP contribution in [0.5, 0.6) is 0 Å². The van der Waals surface area contributed by atoms with Gasteiger partial charge in [0, 0.05) is 5.56 Å². The van der Waals surface area contributed by atoms with Crippen molar-refractivity contribution in [2.24, 2.45) is 5.10 Å². The number of hydrogen-bond acceptors (Lipinski definition) is 3. The highest BCUT2D eigenvalue weighted by Gasteiger charge is 2.18. The molecule has 4 aromatic carbocycles. The third kappa shape index (κ3) is 4.34. The van der Waals surface area contributed by atoms with Crippen LogP contribution in [0, 0.1) is 12.7 Å². The minimum absolute atomic E-state index is 0.236. The van der Waals surface area contributed by atoms with E-state index in [9.17, 15) is 9.18 Å². The van der Waals surface area contributed by atoms with E-state index in [0.717, 1.165) is 33.3 Å². The van der Waals surface area contributed by atoms with Crippen molar-refractivity contribution in [2.45, 2.75) is 6.92 Å². The van der Waals surface area contributed by atoms with E-state index >= 15 is 0 Å². The van der Waals surface area contributed by atoms with Crippen LogP contribution in [0.2, 0.25) is 0 Å². The van der Waals surface area contributed by atoms with Crippen molar-refractivity contribution < 1.29 is 9.18 Å². The van der Waals surface area contributed by atoms with Gasteiger partial charge in [-0.05, 0) is 53.6 Å². The molecule has 5 aromatic rings. The number of nitrogens with zero attached hydrogens (tertiary/aromatic N) is 3. The molecule has 166 valence electrons. The molecule has 0 atom stereocenters. The van der Waals surface area contributed by atoms with E-state index in [1.54, 1.807) is 22.9 Å². The summed E-state index contributed by atoms with van der Waals surface area (Å²) in [5.41, 5.74) is 7.17. The molecule has 0 saturated carbocycles. The number of hydrogen-bond donors (Lipinski definition) is 1. The summed E-state index contributed by atoms with van der Waals surface area (Å²) >= 11 is 0. The fourth-order valence-corrected chi connectivity index (χ4v) is 3.79. The lowest BCUT2D eigenvalue weighted by Gasteiger charge is -2.10. The quantitative estimate of drug-likeness (QED) is 0.269. The van der Waals surface area contributed by atoms with Gasteiger partial charge in [-0.3, -0.25) is 4.79 Å². The molecule has 34 heavy (non-hydrogen) atoms. The summed E-state index contributed by atoms with van der Waals surface area (Å²) in [7, 11) is 0. The number of amides is 1. The Morgan fingerprint density at radius 2 is 1.68 bits per heavy atom. The molecule has 1 N–H and O–H groups in total. The molecular weight excluding hydrogens is 427 g/mol. The molecule has 0 aliphatic rings. The topological polar surface area (TPSA) is 59.3 Å². The molecule has 0 aliphatic heterocycles. The predicted molar refractivity (Wildman–Crippen MR) is 133 cm³/mol. The molecule has 5 rings (SSSR count). The van der Waals surface area contributed by atoms with Crippen LogP contribution in [-0.4, -0.2) is 21.9 Å². The molecule has 6 heteroatoms. The molecule has 0 fully saturated rings. The van der Waals surface area contributed by atoms with Crippen molar-refractivity contribution in [1.82, 2.24) is 15.2 Å². The molecule has 0 bridgehead atoms. The Morgan fingerprint density at radius 1 is 0.941 bits per heavy atom. The lowest BCUT2D eigenvalue weighted by atomic mass is 10.0. The summed E-state index contributed by atoms with van der Waals surface area (Å²) in [5, 5.41) is 10.8. The largest absolute Gasteiger partial charge is 0.291 e. The van der Waals surface area contributed by atoms with Crippen LogP contribution in [0.3, 0.4) is 0 Å². The Labute approximate surface area is 196 Å². The van der Waals surface area contributed by atoms with Crippen LogP contribution in [0.25, 0.3) is 27.7 Å². The number of fused-ring (bicyclic) bond motifs is 1. The summed E-state index contributed by atoms with van der Waals surface area (Å²) in [6.07, 6.45) is 1.46. The van der Waals surface area contributed by atoms with Gasteiger partial charge in [-0.1, -0.05) is 72.3 Å². The molecule has 1 heterocycles. The number of nitrogens with one attached hydrogen (secondary N) is 1. The first-order chi connectivity index (χ1) is 16.6. The van der Waals surface area contributed by atoms with Gasteiger partial charge in [0.15, 0.2) is 5.69 Å². The van der Waals surface area contributed by atoms with Gasteiger partial charge in [-0.2, -0.15) is 10.2 Å². The Kier molecular flexibility index (Phi) is 5.70. The van der Waals surface area contributed by atoms with Gasteiger partial charge < -0.3 is 0 Å². The predicted octanol–water partition coefficient (Wildman–Crippen LogP) is 5.90. The second-order valence-corrected chi connectivity index (χ2v) is 7.94. The first kappa shape index (κ1) is 21.3. The van der Waals surface area contributed by atoms with E-state index < -0.39 is 5.91 Å². The number of halogens is 1. The van der Waals surface area contributed by atoms with Crippen LogP contribution >= 0.6 is 0 Å². The molecule has 0 radical (unpaired) electrons. The van der Waals surface area contributed by atoms with E-state index in [-0.39, 0.29) is 11.5 Å². The fraction of sp³-hybridized carbons (Fsp3) is 0.0357. The smallest absolute Gasteiger partial charge is 0.265 e. The number of aryl methyl sites for hydroxylation is 1. The SMILES string of the molecule is Cc1ccc(-n2nc(C(=O)N/N=C\c3ccc(F)cc3)cc2-c2cccc3ccccc23)cc1. The lowest BCUT2D eigenvalue weighted by molar-refractivity contribution is 0.0949. The van der Waals surface area contributed by atoms with Gasteiger partial charge in [0.25, 0.3) is 5.91 Å². The Bertz CT molecular complexity index is 1500. The van der Waals surface area contributed by atoms with Crippen LogP contribution in [0.4, 0.5) is 4.39 Å². The molecule has 0 spiro atoms. The van der Waals surface area contributed by atoms with Crippen molar-refractivity contribution >= 4 is 22.9 Å². The first-order valence-electron chi connectivity index (χ1n) is 10.8. The highest BCUT2D eigenvalue weighted by atomic mass is 19.1. The zero-order chi connectivity index (χ0) is 23.5. The lowest BCUT2D eigenvalue weighted by Crippen LogP contribution is -2.18. The molecule has 0 aliphatic carbocycles. The van der Waals surface area contributed by atoms with Gasteiger partial charge in [0.05, 0.1) is 17.6 Å². The number of benzene rings is 4. The van der Waals surface area contributed by atoms with Gasteiger partial charge in [-0.15, -0.1) is 0 Å². The van der Waals surface area contributed by atoms with E-state index in [1.807, 2.05) is 55.5 Å². The normalized spacial score (nSPS) is 11.2. The summed E-state index contributed by atoms with van der Waals surface area (Å²) < 4.78 is 14.9. The van der Waals surface area contributed by atoms with Crippen LogP contribution in [0.15, 0.2) is 102 Å². The van der Waals surface area contributed by atoms with Crippen molar-refractivity contribution in [3.05, 3.63) is 120 Å². The number of carbonyl (C=O) groups excluding carboxylic acids is 1. The summed E-state index contributed by atoms with van der Waals surface area (Å²) in [5.74, 6) is -0.769. The zero-order valence-corrected chi connectivity index (χ0v) is 18.4. The van der Waals surface area contributed by atoms with Gasteiger partial charge in [0.1, 0.15) is 5.82 Å². The number of hydrazone groups is 1. The summed E-state index contributed by atoms with van der Waals surface area (Å²) in [6.45, 7) is 2.02. The van der Waals surface area contributed by atoms with E-state index in [2.05, 4.69) is 33.8 Å². The highest BCUT2D eigenvalue weighted by molar-refractivity contribution is 5.99. The monoisotopic (exact) mass is 448 g/mol. The Morgan fingerprint density at radius 3 is 2.47 bits per heavy atom. The average molecular weight is 449 g/mol. The molecule has 0 saturated heterocycles. The fourth-order valence-electron chi connectivity index (χ4n) is 3.79. The van der Waals surface area contributed by atoms with E-state index in [0.29, 0.717) is 5.56 Å². The van der Waals surface area contributed by atoms with Crippen LogP contribution in [-0.2, 0) is 0 Å². The number of carbonyl (C=O) groups is 1. The maximum Gasteiger partial charge on any atom is 0.291 e. The van der Waals surface area contributed by atoms with Crippen molar-refractivity contribution in [3.63, 3.8) is 0 Å². The second kappa shape index (κ2) is 9.11. The molecule has 0 unspecified atom stereocenters. The van der Waals surface area contributed by atoms with Gasteiger partial charge in [0.2, 0.25) is 0 Å². The van der Waals surface area contributed by atoms with Crippen molar-refractivity contribution in [3.8, 4) is 16.9 Å². The third-order valence-corrected chi connectivity index (χ3v) is 5.54. The molecule has 1 amide bonds.